The van der Waals surface area contributed by atoms with Gasteiger partial charge in [0.2, 0.25) is 5.89 Å². The molecule has 2 atom stereocenters. The van der Waals surface area contributed by atoms with Gasteiger partial charge < -0.3 is 19.8 Å². The summed E-state index contributed by atoms with van der Waals surface area (Å²) in [4.78, 5) is 0. The van der Waals surface area contributed by atoms with E-state index in [1.165, 1.54) is 0 Å². The van der Waals surface area contributed by atoms with Crippen LogP contribution in [0.15, 0.2) is 28.7 Å². The Morgan fingerprint density at radius 3 is 3.00 bits per heavy atom. The van der Waals surface area contributed by atoms with Crippen molar-refractivity contribution in [1.29, 1.82) is 0 Å². The highest BCUT2D eigenvalue weighted by molar-refractivity contribution is 5.43. The lowest BCUT2D eigenvalue weighted by Gasteiger charge is -2.08. The minimum atomic E-state index is 0.0372. The molecule has 0 saturated heterocycles. The molecule has 1 aliphatic rings. The summed E-state index contributed by atoms with van der Waals surface area (Å²) in [6.45, 7) is 2.53. The van der Waals surface area contributed by atoms with E-state index in [1.807, 2.05) is 38.2 Å². The SMILES string of the molecule is CNC(C)c1nnc(NC2COc3ccccc32)o1. The molecule has 6 heteroatoms. The maximum absolute atomic E-state index is 5.59. The Labute approximate surface area is 111 Å². The lowest BCUT2D eigenvalue weighted by atomic mass is 10.1. The number of hydrogen-bond acceptors (Lipinski definition) is 6. The monoisotopic (exact) mass is 260 g/mol. The predicted octanol–water partition coefficient (Wildman–Crippen LogP) is 1.90. The Morgan fingerprint density at radius 2 is 2.16 bits per heavy atom. The molecule has 0 aliphatic carbocycles. The Bertz CT molecular complexity index is 569. The number of rotatable bonds is 4. The van der Waals surface area contributed by atoms with E-state index < -0.39 is 0 Å². The normalized spacial score (nSPS) is 18.7. The molecule has 2 N–H and O–H groups in total. The fourth-order valence-corrected chi connectivity index (χ4v) is 2.02. The smallest absolute Gasteiger partial charge is 0.316 e. The van der Waals surface area contributed by atoms with Crippen molar-refractivity contribution in [3.05, 3.63) is 35.7 Å². The van der Waals surface area contributed by atoms with Crippen molar-refractivity contribution in [2.24, 2.45) is 0 Å². The number of ether oxygens (including phenoxy) is 1. The van der Waals surface area contributed by atoms with Crippen molar-refractivity contribution in [2.45, 2.75) is 19.0 Å². The van der Waals surface area contributed by atoms with E-state index in [1.54, 1.807) is 0 Å². The van der Waals surface area contributed by atoms with Crippen molar-refractivity contribution in [3.8, 4) is 5.75 Å². The van der Waals surface area contributed by atoms with Gasteiger partial charge in [-0.05, 0) is 20.0 Å². The highest BCUT2D eigenvalue weighted by Crippen LogP contribution is 2.33. The first-order chi connectivity index (χ1) is 9.28. The molecule has 2 heterocycles. The average molecular weight is 260 g/mol. The summed E-state index contributed by atoms with van der Waals surface area (Å²) >= 11 is 0. The largest absolute Gasteiger partial charge is 0.491 e. The maximum atomic E-state index is 5.59. The Morgan fingerprint density at radius 1 is 1.32 bits per heavy atom. The van der Waals surface area contributed by atoms with E-state index in [2.05, 4.69) is 20.8 Å². The molecule has 1 aromatic carbocycles. The van der Waals surface area contributed by atoms with Crippen molar-refractivity contribution in [1.82, 2.24) is 15.5 Å². The number of anilines is 1. The van der Waals surface area contributed by atoms with Crippen LogP contribution in [0.4, 0.5) is 6.01 Å². The van der Waals surface area contributed by atoms with Crippen molar-refractivity contribution in [2.75, 3.05) is 19.0 Å². The van der Waals surface area contributed by atoms with E-state index in [0.717, 1.165) is 11.3 Å². The second kappa shape index (κ2) is 4.89. The van der Waals surface area contributed by atoms with Crippen LogP contribution in [0.3, 0.4) is 0 Å². The lowest BCUT2D eigenvalue weighted by Crippen LogP contribution is -2.13. The van der Waals surface area contributed by atoms with Crippen molar-refractivity contribution < 1.29 is 9.15 Å². The number of aromatic nitrogens is 2. The first kappa shape index (κ1) is 12.0. The molecule has 100 valence electrons. The molecule has 1 aromatic heterocycles. The van der Waals surface area contributed by atoms with Gasteiger partial charge in [0, 0.05) is 5.56 Å². The van der Waals surface area contributed by atoms with Gasteiger partial charge in [0.05, 0.1) is 12.1 Å². The van der Waals surface area contributed by atoms with Crippen molar-refractivity contribution >= 4 is 6.01 Å². The number of hydrogen-bond donors (Lipinski definition) is 2. The first-order valence-electron chi connectivity index (χ1n) is 6.27. The molecule has 3 rings (SSSR count). The van der Waals surface area contributed by atoms with Crippen LogP contribution in [-0.4, -0.2) is 23.9 Å². The van der Waals surface area contributed by atoms with Gasteiger partial charge in [-0.2, -0.15) is 0 Å². The minimum absolute atomic E-state index is 0.0372. The van der Waals surface area contributed by atoms with Gasteiger partial charge in [-0.15, -0.1) is 5.10 Å². The molecule has 2 aromatic rings. The van der Waals surface area contributed by atoms with Crippen molar-refractivity contribution in [3.63, 3.8) is 0 Å². The average Bonchev–Trinajstić information content (AvgIpc) is 3.06. The summed E-state index contributed by atoms with van der Waals surface area (Å²) in [6.07, 6.45) is 0. The van der Waals surface area contributed by atoms with Gasteiger partial charge >= 0.3 is 6.01 Å². The Kier molecular flexibility index (Phi) is 3.08. The first-order valence-corrected chi connectivity index (χ1v) is 6.27. The van der Waals surface area contributed by atoms with Crippen LogP contribution in [-0.2, 0) is 0 Å². The fourth-order valence-electron chi connectivity index (χ4n) is 2.02. The van der Waals surface area contributed by atoms with Crippen LogP contribution >= 0.6 is 0 Å². The standard InChI is InChI=1S/C13H16N4O2/c1-8(14-2)12-16-17-13(19-12)15-10-7-18-11-6-4-3-5-9(10)11/h3-6,8,10,14H,7H2,1-2H3,(H,15,17). The third kappa shape index (κ3) is 2.26. The number of nitrogens with one attached hydrogen (secondary N) is 2. The summed E-state index contributed by atoms with van der Waals surface area (Å²) in [6, 6.07) is 8.45. The van der Waals surface area contributed by atoms with Gasteiger partial charge in [-0.1, -0.05) is 23.3 Å². The topological polar surface area (TPSA) is 72.2 Å². The number of benzene rings is 1. The molecule has 0 bridgehead atoms. The Hall–Kier alpha value is -2.08. The molecule has 0 amide bonds. The van der Waals surface area contributed by atoms with Crippen LogP contribution < -0.4 is 15.4 Å². The molecule has 2 unspecified atom stereocenters. The van der Waals surface area contributed by atoms with E-state index >= 15 is 0 Å². The molecule has 6 nitrogen and oxygen atoms in total. The van der Waals surface area contributed by atoms with Crippen LogP contribution in [0, 0.1) is 0 Å². The van der Waals surface area contributed by atoms with Gasteiger partial charge in [0.1, 0.15) is 12.4 Å². The van der Waals surface area contributed by atoms with E-state index in [0.29, 0.717) is 18.5 Å². The molecule has 0 fully saturated rings. The second-order valence-electron chi connectivity index (χ2n) is 4.50. The van der Waals surface area contributed by atoms with Gasteiger partial charge in [0.15, 0.2) is 0 Å². The zero-order chi connectivity index (χ0) is 13.2. The molecular weight excluding hydrogens is 244 g/mol. The third-order valence-corrected chi connectivity index (χ3v) is 3.24. The molecule has 19 heavy (non-hydrogen) atoms. The number of fused-ring (bicyclic) bond motifs is 1. The summed E-state index contributed by atoms with van der Waals surface area (Å²) in [5.41, 5.74) is 1.11. The highest BCUT2D eigenvalue weighted by Gasteiger charge is 2.25. The molecule has 0 saturated carbocycles. The van der Waals surface area contributed by atoms with Gasteiger partial charge in [-0.25, -0.2) is 0 Å². The van der Waals surface area contributed by atoms with Crippen LogP contribution in [0.2, 0.25) is 0 Å². The van der Waals surface area contributed by atoms with E-state index in [4.69, 9.17) is 9.15 Å². The van der Waals surface area contributed by atoms with E-state index in [-0.39, 0.29) is 12.1 Å². The lowest BCUT2D eigenvalue weighted by molar-refractivity contribution is 0.336. The summed E-state index contributed by atoms with van der Waals surface area (Å²) < 4.78 is 11.2. The third-order valence-electron chi connectivity index (χ3n) is 3.24. The van der Waals surface area contributed by atoms with Gasteiger partial charge in [0.25, 0.3) is 0 Å². The van der Waals surface area contributed by atoms with Gasteiger partial charge in [-0.3, -0.25) is 0 Å². The summed E-state index contributed by atoms with van der Waals surface area (Å²) in [5.74, 6) is 1.47. The summed E-state index contributed by atoms with van der Waals surface area (Å²) in [5, 5.41) is 14.3. The zero-order valence-corrected chi connectivity index (χ0v) is 10.9. The predicted molar refractivity (Wildman–Crippen MR) is 70.1 cm³/mol. The number of para-hydroxylation sites is 1. The quantitative estimate of drug-likeness (QED) is 0.874. The molecule has 1 aliphatic heterocycles. The molecule has 0 spiro atoms. The van der Waals surface area contributed by atoms with Crippen LogP contribution in [0.5, 0.6) is 5.75 Å². The van der Waals surface area contributed by atoms with Crippen LogP contribution in [0.25, 0.3) is 0 Å². The Balaban J connectivity index is 1.74. The molecule has 0 radical (unpaired) electrons. The zero-order valence-electron chi connectivity index (χ0n) is 10.9. The highest BCUT2D eigenvalue weighted by atomic mass is 16.5. The molecular formula is C13H16N4O2. The van der Waals surface area contributed by atoms with E-state index in [9.17, 15) is 0 Å². The van der Waals surface area contributed by atoms with Crippen LogP contribution in [0.1, 0.15) is 30.5 Å². The maximum Gasteiger partial charge on any atom is 0.316 e. The number of nitrogens with zero attached hydrogens (tertiary/aromatic N) is 2. The second-order valence-corrected chi connectivity index (χ2v) is 4.50. The minimum Gasteiger partial charge on any atom is -0.491 e. The summed E-state index contributed by atoms with van der Waals surface area (Å²) in [7, 11) is 1.85. The fraction of sp³-hybridized carbons (Fsp3) is 0.385.